The van der Waals surface area contributed by atoms with E-state index in [1.165, 1.54) is 24.4 Å². The SMILES string of the molecule is CCN1c2ccccc2C(CC)(CC)C12C=Cc1cc([N+](=O)[O-])cc(OC)c1O2. The van der Waals surface area contributed by atoms with Gasteiger partial charge < -0.3 is 14.4 Å². The maximum atomic E-state index is 11.3. The molecule has 2 aliphatic heterocycles. The lowest BCUT2D eigenvalue weighted by atomic mass is 9.69. The van der Waals surface area contributed by atoms with E-state index in [1.54, 1.807) is 6.07 Å². The Kier molecular flexibility index (Phi) is 4.52. The Morgan fingerprint density at radius 3 is 2.52 bits per heavy atom. The van der Waals surface area contributed by atoms with E-state index in [4.69, 9.17) is 9.47 Å². The monoisotopic (exact) mass is 394 g/mol. The Morgan fingerprint density at radius 1 is 1.17 bits per heavy atom. The van der Waals surface area contributed by atoms with Crippen LogP contribution in [-0.4, -0.2) is 24.3 Å². The van der Waals surface area contributed by atoms with Crippen molar-refractivity contribution >= 4 is 17.5 Å². The lowest BCUT2D eigenvalue weighted by Crippen LogP contribution is -2.61. The fourth-order valence-corrected chi connectivity index (χ4v) is 5.18. The number of nitro groups is 1. The van der Waals surface area contributed by atoms with Gasteiger partial charge in [-0.05, 0) is 43.5 Å². The smallest absolute Gasteiger partial charge is 0.274 e. The van der Waals surface area contributed by atoms with E-state index in [0.717, 1.165) is 19.4 Å². The minimum absolute atomic E-state index is 0.0101. The highest BCUT2D eigenvalue weighted by atomic mass is 16.6. The van der Waals surface area contributed by atoms with Crippen LogP contribution in [0.5, 0.6) is 11.5 Å². The maximum Gasteiger partial charge on any atom is 0.274 e. The third-order valence-corrected chi connectivity index (χ3v) is 6.57. The number of nitrogens with zero attached hydrogens (tertiary/aromatic N) is 2. The zero-order valence-corrected chi connectivity index (χ0v) is 17.3. The second-order valence-electron chi connectivity index (χ2n) is 7.51. The normalized spacial score (nSPS) is 20.9. The van der Waals surface area contributed by atoms with Crippen LogP contribution in [0.15, 0.2) is 42.5 Å². The van der Waals surface area contributed by atoms with Gasteiger partial charge in [0.2, 0.25) is 5.72 Å². The van der Waals surface area contributed by atoms with Crippen LogP contribution in [0.4, 0.5) is 11.4 Å². The topological polar surface area (TPSA) is 64.8 Å². The van der Waals surface area contributed by atoms with Crippen molar-refractivity contribution in [2.24, 2.45) is 0 Å². The predicted octanol–water partition coefficient (Wildman–Crippen LogP) is 5.30. The molecule has 0 aromatic heterocycles. The molecule has 0 fully saturated rings. The molecule has 0 saturated carbocycles. The van der Waals surface area contributed by atoms with Crippen molar-refractivity contribution in [1.82, 2.24) is 0 Å². The van der Waals surface area contributed by atoms with Crippen molar-refractivity contribution < 1.29 is 14.4 Å². The molecule has 0 N–H and O–H groups in total. The van der Waals surface area contributed by atoms with Gasteiger partial charge in [0.15, 0.2) is 11.5 Å². The molecule has 0 saturated heterocycles. The van der Waals surface area contributed by atoms with E-state index in [1.807, 2.05) is 6.08 Å². The summed E-state index contributed by atoms with van der Waals surface area (Å²) in [5.74, 6) is 0.934. The number of hydrogen-bond donors (Lipinski definition) is 0. The first-order valence-corrected chi connectivity index (χ1v) is 10.1. The van der Waals surface area contributed by atoms with Gasteiger partial charge >= 0.3 is 0 Å². The van der Waals surface area contributed by atoms with Crippen molar-refractivity contribution in [3.05, 3.63) is 63.7 Å². The first-order valence-electron chi connectivity index (χ1n) is 10.1. The standard InChI is InChI=1S/C23H26N2O4/c1-5-22(6-2)18-10-8-9-11-19(18)24(7-3)23(22)13-12-16-14-17(25(26)27)15-20(28-4)21(16)29-23/h8-15H,5-7H2,1-4H3. The number of anilines is 1. The molecular weight excluding hydrogens is 368 g/mol. The maximum absolute atomic E-state index is 11.3. The Morgan fingerprint density at radius 2 is 1.90 bits per heavy atom. The largest absolute Gasteiger partial charge is 0.493 e. The van der Waals surface area contributed by atoms with Gasteiger partial charge in [0, 0.05) is 23.9 Å². The molecule has 2 aliphatic rings. The van der Waals surface area contributed by atoms with Crippen LogP contribution < -0.4 is 14.4 Å². The first kappa shape index (κ1) is 19.3. The highest BCUT2D eigenvalue weighted by Gasteiger charge is 2.61. The molecule has 2 aromatic rings. The van der Waals surface area contributed by atoms with Crippen LogP contribution in [-0.2, 0) is 5.41 Å². The number of non-ortho nitro benzene ring substituents is 1. The number of fused-ring (bicyclic) bond motifs is 2. The summed E-state index contributed by atoms with van der Waals surface area (Å²) in [7, 11) is 1.52. The average molecular weight is 394 g/mol. The summed E-state index contributed by atoms with van der Waals surface area (Å²) in [6, 6.07) is 11.5. The summed E-state index contributed by atoms with van der Waals surface area (Å²) in [6.45, 7) is 7.29. The minimum atomic E-state index is -0.717. The summed E-state index contributed by atoms with van der Waals surface area (Å²) in [4.78, 5) is 13.2. The Labute approximate surface area is 170 Å². The molecule has 6 heteroatoms. The number of methoxy groups -OCH3 is 1. The summed E-state index contributed by atoms with van der Waals surface area (Å²) >= 11 is 0. The lowest BCUT2D eigenvalue weighted by Gasteiger charge is -2.49. The molecule has 0 amide bonds. The fourth-order valence-electron chi connectivity index (χ4n) is 5.18. The van der Waals surface area contributed by atoms with Crippen molar-refractivity contribution in [3.8, 4) is 11.5 Å². The van der Waals surface area contributed by atoms with Crippen molar-refractivity contribution in [1.29, 1.82) is 0 Å². The molecule has 4 rings (SSSR count). The van der Waals surface area contributed by atoms with Crippen LogP contribution in [0.1, 0.15) is 44.7 Å². The Hall–Kier alpha value is -3.02. The summed E-state index contributed by atoms with van der Waals surface area (Å²) in [6.07, 6.45) is 5.82. The molecule has 29 heavy (non-hydrogen) atoms. The van der Waals surface area contributed by atoms with Crippen LogP contribution >= 0.6 is 0 Å². The first-order chi connectivity index (χ1) is 14.0. The molecule has 1 unspecified atom stereocenters. The number of hydrogen-bond acceptors (Lipinski definition) is 5. The number of benzene rings is 2. The molecule has 152 valence electrons. The molecule has 1 atom stereocenters. The van der Waals surface area contributed by atoms with E-state index in [2.05, 4.69) is 56.0 Å². The zero-order valence-electron chi connectivity index (χ0n) is 17.3. The predicted molar refractivity (Wildman–Crippen MR) is 114 cm³/mol. The minimum Gasteiger partial charge on any atom is -0.493 e. The number of ether oxygens (including phenoxy) is 2. The summed E-state index contributed by atoms with van der Waals surface area (Å²) in [5.41, 5.74) is 2.14. The van der Waals surface area contributed by atoms with Gasteiger partial charge in [-0.2, -0.15) is 0 Å². The van der Waals surface area contributed by atoms with E-state index in [9.17, 15) is 10.1 Å². The highest BCUT2D eigenvalue weighted by molar-refractivity contribution is 5.75. The van der Waals surface area contributed by atoms with E-state index < -0.39 is 10.6 Å². The Bertz CT molecular complexity index is 996. The lowest BCUT2D eigenvalue weighted by molar-refractivity contribution is -0.385. The molecule has 0 aliphatic carbocycles. The van der Waals surface area contributed by atoms with Crippen molar-refractivity contribution in [2.75, 3.05) is 18.6 Å². The second-order valence-corrected chi connectivity index (χ2v) is 7.51. The van der Waals surface area contributed by atoms with Crippen LogP contribution in [0.25, 0.3) is 6.08 Å². The molecule has 0 radical (unpaired) electrons. The van der Waals surface area contributed by atoms with Crippen molar-refractivity contribution in [3.63, 3.8) is 0 Å². The van der Waals surface area contributed by atoms with Crippen LogP contribution in [0.3, 0.4) is 0 Å². The molecule has 1 spiro atoms. The molecular formula is C23H26N2O4. The molecule has 2 aromatic carbocycles. The number of rotatable bonds is 5. The number of para-hydroxylation sites is 1. The molecule has 0 bridgehead atoms. The Balaban J connectivity index is 1.96. The van der Waals surface area contributed by atoms with Crippen LogP contribution in [0, 0.1) is 10.1 Å². The van der Waals surface area contributed by atoms with Gasteiger partial charge in [0.1, 0.15) is 0 Å². The average Bonchev–Trinajstić information content (AvgIpc) is 2.97. The quantitative estimate of drug-likeness (QED) is 0.508. The van der Waals surface area contributed by atoms with Gasteiger partial charge in [-0.15, -0.1) is 0 Å². The van der Waals surface area contributed by atoms with Gasteiger partial charge in [-0.1, -0.05) is 32.0 Å². The zero-order chi connectivity index (χ0) is 20.8. The summed E-state index contributed by atoms with van der Waals surface area (Å²) in [5, 5.41) is 11.3. The second kappa shape index (κ2) is 6.79. The third kappa shape index (κ3) is 2.41. The number of nitro benzene ring substituents is 1. The van der Waals surface area contributed by atoms with Crippen LogP contribution in [0.2, 0.25) is 0 Å². The van der Waals surface area contributed by atoms with Crippen molar-refractivity contribution in [2.45, 2.75) is 44.8 Å². The van der Waals surface area contributed by atoms with E-state index in [0.29, 0.717) is 17.1 Å². The van der Waals surface area contributed by atoms with Gasteiger partial charge in [-0.25, -0.2) is 0 Å². The highest BCUT2D eigenvalue weighted by Crippen LogP contribution is 2.59. The van der Waals surface area contributed by atoms with E-state index >= 15 is 0 Å². The number of likely N-dealkylation sites (N-methyl/N-ethyl adjacent to an activating group) is 1. The van der Waals surface area contributed by atoms with E-state index in [-0.39, 0.29) is 11.1 Å². The fraction of sp³-hybridized carbons (Fsp3) is 0.391. The third-order valence-electron chi connectivity index (χ3n) is 6.57. The molecule has 6 nitrogen and oxygen atoms in total. The van der Waals surface area contributed by atoms with Gasteiger partial charge in [0.05, 0.1) is 23.5 Å². The molecule has 2 heterocycles. The summed E-state index contributed by atoms with van der Waals surface area (Å²) < 4.78 is 12.3. The van der Waals surface area contributed by atoms with Gasteiger partial charge in [-0.3, -0.25) is 10.1 Å². The van der Waals surface area contributed by atoms with Gasteiger partial charge in [0.25, 0.3) is 5.69 Å².